The minimum atomic E-state index is -0.791. The molecule has 0 radical (unpaired) electrons. The Morgan fingerprint density at radius 2 is 1.82 bits per heavy atom. The van der Waals surface area contributed by atoms with E-state index in [1.54, 1.807) is 6.08 Å². The van der Waals surface area contributed by atoms with Crippen LogP contribution in [0.25, 0.3) is 0 Å². The largest absolute Gasteiger partial charge is 0.481 e. The molecule has 34 heavy (non-hydrogen) atoms. The van der Waals surface area contributed by atoms with Gasteiger partial charge in [0.1, 0.15) is 0 Å². The molecular formula is C25H46N4O5. The van der Waals surface area contributed by atoms with E-state index in [4.69, 9.17) is 22.3 Å². The van der Waals surface area contributed by atoms with Gasteiger partial charge in [-0.25, -0.2) is 0 Å². The zero-order chi connectivity index (χ0) is 25.8. The highest BCUT2D eigenvalue weighted by Crippen LogP contribution is 2.36. The average Bonchev–Trinajstić information content (AvgIpc) is 3.04. The summed E-state index contributed by atoms with van der Waals surface area (Å²) < 4.78 is 0. The van der Waals surface area contributed by atoms with Gasteiger partial charge in [0.05, 0.1) is 18.3 Å². The smallest absolute Gasteiger partial charge is 0.303 e. The van der Waals surface area contributed by atoms with Crippen LogP contribution in [-0.2, 0) is 4.79 Å². The zero-order valence-corrected chi connectivity index (χ0v) is 20.5. The molecule has 1 aliphatic rings. The summed E-state index contributed by atoms with van der Waals surface area (Å²) in [6, 6.07) is 0. The van der Waals surface area contributed by atoms with Crippen LogP contribution in [-0.4, -0.2) is 63.8 Å². The molecule has 0 aromatic carbocycles. The highest BCUT2D eigenvalue weighted by atomic mass is 16.4. The maximum Gasteiger partial charge on any atom is 0.303 e. The first kappa shape index (κ1) is 31.8. The van der Waals surface area contributed by atoms with Crippen LogP contribution in [0.4, 0.5) is 0 Å². The Kier molecular flexibility index (Phi) is 18.9. The van der Waals surface area contributed by atoms with E-state index >= 15 is 0 Å². The molecule has 1 saturated carbocycles. The Morgan fingerprint density at radius 3 is 2.44 bits per heavy atom. The number of carboxylic acids is 1. The first-order valence-corrected chi connectivity index (χ1v) is 12.2. The molecule has 0 unspecified atom stereocenters. The summed E-state index contributed by atoms with van der Waals surface area (Å²) in [5.41, 5.74) is 15.4. The second-order valence-corrected chi connectivity index (χ2v) is 8.47. The van der Waals surface area contributed by atoms with Gasteiger partial charge in [-0.1, -0.05) is 43.4 Å². The molecule has 0 aromatic heterocycles. The molecule has 0 heterocycles. The number of aliphatic hydroxyl groups excluding tert-OH is 3. The Hall–Kier alpha value is -2.20. The van der Waals surface area contributed by atoms with Crippen molar-refractivity contribution in [3.8, 4) is 0 Å². The van der Waals surface area contributed by atoms with Crippen molar-refractivity contribution in [3.63, 3.8) is 0 Å². The van der Waals surface area contributed by atoms with E-state index in [2.05, 4.69) is 4.99 Å². The molecule has 9 nitrogen and oxygen atoms in total. The molecule has 1 fully saturated rings. The van der Waals surface area contributed by atoms with Crippen LogP contribution < -0.4 is 17.2 Å². The molecule has 0 bridgehead atoms. The number of guanidine groups is 1. The van der Waals surface area contributed by atoms with Crippen LogP contribution in [0.2, 0.25) is 0 Å². The van der Waals surface area contributed by atoms with Crippen LogP contribution in [0.5, 0.6) is 0 Å². The Morgan fingerprint density at radius 1 is 1.09 bits per heavy atom. The second-order valence-electron chi connectivity index (χ2n) is 8.47. The number of carbonyl (C=O) groups is 1. The number of aliphatic hydroxyl groups is 3. The minimum Gasteiger partial charge on any atom is -0.481 e. The van der Waals surface area contributed by atoms with Gasteiger partial charge in [-0.2, -0.15) is 0 Å². The van der Waals surface area contributed by atoms with Crippen molar-refractivity contribution >= 4 is 11.9 Å². The van der Waals surface area contributed by atoms with Gasteiger partial charge in [0, 0.05) is 25.3 Å². The second kappa shape index (κ2) is 20.2. The number of nitrogens with two attached hydrogens (primary N) is 3. The predicted molar refractivity (Wildman–Crippen MR) is 137 cm³/mol. The highest BCUT2D eigenvalue weighted by Gasteiger charge is 2.39. The van der Waals surface area contributed by atoms with Gasteiger partial charge in [0.2, 0.25) is 0 Å². The lowest BCUT2D eigenvalue weighted by molar-refractivity contribution is -0.137. The summed E-state index contributed by atoms with van der Waals surface area (Å²) in [6.45, 7) is 3.44. The molecule has 196 valence electrons. The summed E-state index contributed by atoms with van der Waals surface area (Å²) in [7, 11) is 0. The molecule has 0 saturated heterocycles. The Labute approximate surface area is 204 Å². The van der Waals surface area contributed by atoms with Crippen molar-refractivity contribution in [1.29, 1.82) is 0 Å². The van der Waals surface area contributed by atoms with E-state index in [1.165, 1.54) is 0 Å². The normalized spacial score (nSPS) is 23.3. The van der Waals surface area contributed by atoms with Gasteiger partial charge < -0.3 is 37.6 Å². The van der Waals surface area contributed by atoms with E-state index < -0.39 is 24.3 Å². The summed E-state index contributed by atoms with van der Waals surface area (Å²) in [5, 5.41) is 38.9. The van der Waals surface area contributed by atoms with Gasteiger partial charge in [0.15, 0.2) is 5.96 Å². The molecule has 5 atom stereocenters. The van der Waals surface area contributed by atoms with Crippen LogP contribution >= 0.6 is 0 Å². The molecule has 0 spiro atoms. The number of carboxylic acid groups (broad SMARTS) is 1. The number of unbranched alkanes of at least 4 members (excludes halogenated alkanes) is 2. The number of rotatable bonds is 15. The van der Waals surface area contributed by atoms with Crippen LogP contribution in [0.1, 0.15) is 64.7 Å². The van der Waals surface area contributed by atoms with Gasteiger partial charge in [-0.05, 0) is 57.4 Å². The fraction of sp³-hybridized carbons (Fsp3) is 0.680. The molecule has 10 N–H and O–H groups in total. The van der Waals surface area contributed by atoms with E-state index in [1.807, 2.05) is 37.3 Å². The van der Waals surface area contributed by atoms with Gasteiger partial charge >= 0.3 is 5.97 Å². The predicted octanol–water partition coefficient (Wildman–Crippen LogP) is 1.82. The first-order chi connectivity index (χ1) is 16.2. The molecule has 0 aliphatic heterocycles. The molecular weight excluding hydrogens is 436 g/mol. The first-order valence-electron chi connectivity index (χ1n) is 12.2. The average molecular weight is 483 g/mol. The third kappa shape index (κ3) is 16.4. The Balaban J connectivity index is 0.00000102. The van der Waals surface area contributed by atoms with Crippen molar-refractivity contribution in [3.05, 3.63) is 36.5 Å². The lowest BCUT2D eigenvalue weighted by Crippen LogP contribution is -2.23. The fourth-order valence-corrected chi connectivity index (χ4v) is 3.65. The number of aliphatic carboxylic acids is 1. The molecule has 0 amide bonds. The fourth-order valence-electron chi connectivity index (χ4n) is 3.65. The highest BCUT2D eigenvalue weighted by molar-refractivity contribution is 5.75. The Bertz CT molecular complexity index is 647. The van der Waals surface area contributed by atoms with Gasteiger partial charge in [-0.15, -0.1) is 0 Å². The van der Waals surface area contributed by atoms with Crippen molar-refractivity contribution in [1.82, 2.24) is 0 Å². The molecule has 9 heteroatoms. The van der Waals surface area contributed by atoms with Crippen molar-refractivity contribution < 1.29 is 25.2 Å². The lowest BCUT2D eigenvalue weighted by atomic mass is 9.89. The van der Waals surface area contributed by atoms with Crippen molar-refractivity contribution in [2.24, 2.45) is 34.0 Å². The quantitative estimate of drug-likeness (QED) is 0.0796. The van der Waals surface area contributed by atoms with Crippen molar-refractivity contribution in [2.45, 2.75) is 83.0 Å². The number of aliphatic imine (C=N–C) groups is 1. The molecule has 1 rings (SSSR count). The van der Waals surface area contributed by atoms with E-state index in [0.717, 1.165) is 19.3 Å². The minimum absolute atomic E-state index is 0.0830. The maximum atomic E-state index is 10.5. The van der Waals surface area contributed by atoms with Crippen molar-refractivity contribution in [2.75, 3.05) is 13.1 Å². The summed E-state index contributed by atoms with van der Waals surface area (Å²) in [5.74, 6) is -0.892. The molecule has 1 aliphatic carbocycles. The topological polar surface area (TPSA) is 188 Å². The van der Waals surface area contributed by atoms with Crippen LogP contribution in [0.15, 0.2) is 41.4 Å². The number of hydrogen-bond acceptors (Lipinski definition) is 6. The summed E-state index contributed by atoms with van der Waals surface area (Å²) in [4.78, 5) is 14.2. The monoisotopic (exact) mass is 482 g/mol. The number of nitrogens with zero attached hydrogens (tertiary/aromatic N) is 1. The van der Waals surface area contributed by atoms with E-state index in [-0.39, 0.29) is 24.2 Å². The maximum absolute atomic E-state index is 10.5. The summed E-state index contributed by atoms with van der Waals surface area (Å²) in [6.07, 6.45) is 15.5. The standard InChI is InChI=1S/C20H32O5.C5H14N4/c1-2-3-6-9-15(21)12-13-17-16(18(22)14-19(17)23)10-7-4-5-8-11-20(24)25;6-3-1-2-4-9-5(7)8/h3-4,6-7,12-13,15-19,21-23H,2,5,8-11,14H2,1H3,(H,24,25);1-4,6H2,(H4,7,8,9)/b6-3-,7-4-,13-12+;/t15-,16+,17+,18+,19+;/m0./s1. The van der Waals surface area contributed by atoms with Crippen LogP contribution in [0.3, 0.4) is 0 Å². The molecule has 0 aromatic rings. The lowest BCUT2D eigenvalue weighted by Gasteiger charge is -2.19. The summed E-state index contributed by atoms with van der Waals surface area (Å²) >= 11 is 0. The SMILES string of the molecule is CC/C=C\C[C@H](O)/C=C/[C@@H]1[C@@H](C/C=C\CCCC(=O)O)[C@H](O)C[C@H]1O.NCCCCN=C(N)N. The van der Waals surface area contributed by atoms with E-state index in [0.29, 0.717) is 45.2 Å². The van der Waals surface area contributed by atoms with Gasteiger partial charge in [-0.3, -0.25) is 9.79 Å². The third-order valence-electron chi connectivity index (χ3n) is 5.49. The third-order valence-corrected chi connectivity index (χ3v) is 5.49. The van der Waals surface area contributed by atoms with E-state index in [9.17, 15) is 20.1 Å². The van der Waals surface area contributed by atoms with Crippen LogP contribution in [0, 0.1) is 11.8 Å². The van der Waals surface area contributed by atoms with Gasteiger partial charge in [0.25, 0.3) is 0 Å². The number of allylic oxidation sites excluding steroid dienone is 3. The zero-order valence-electron chi connectivity index (χ0n) is 20.5. The number of hydrogen-bond donors (Lipinski definition) is 7.